The summed E-state index contributed by atoms with van der Waals surface area (Å²) in [5.74, 6) is 2.27. The maximum absolute atomic E-state index is 11.4. The summed E-state index contributed by atoms with van der Waals surface area (Å²) in [6, 6.07) is 18.9. The zero-order valence-electron chi connectivity index (χ0n) is 10.2. The van der Waals surface area contributed by atoms with Gasteiger partial charge in [-0.05, 0) is 29.7 Å². The Kier molecular flexibility index (Phi) is 4.55. The smallest absolute Gasteiger partial charge is 0.344 e. The molecule has 0 unspecified atom stereocenters. The molecule has 19 heavy (non-hydrogen) atoms. The molecule has 2 aromatic carbocycles. The Bertz CT molecular complexity index is 617. The van der Waals surface area contributed by atoms with Gasteiger partial charge in [-0.3, -0.25) is 0 Å². The fraction of sp³-hybridized carbons (Fsp3) is 0. The van der Waals surface area contributed by atoms with Crippen molar-refractivity contribution in [2.24, 2.45) is 0 Å². The van der Waals surface area contributed by atoms with Gasteiger partial charge < -0.3 is 4.74 Å². The van der Waals surface area contributed by atoms with E-state index in [4.69, 9.17) is 4.74 Å². The Morgan fingerprint density at radius 2 is 1.58 bits per heavy atom. The minimum Gasteiger partial charge on any atom is -0.369 e. The number of benzene rings is 2. The van der Waals surface area contributed by atoms with Crippen molar-refractivity contribution in [3.63, 3.8) is 0 Å². The van der Waals surface area contributed by atoms with Crippen LogP contribution in [0.3, 0.4) is 0 Å². The summed E-state index contributed by atoms with van der Waals surface area (Å²) in [5.41, 5.74) is 1.75. The van der Waals surface area contributed by atoms with Crippen LogP contribution in [0.15, 0.2) is 66.7 Å². The highest BCUT2D eigenvalue weighted by Gasteiger charge is 1.93. The molecule has 0 bridgehead atoms. The van der Waals surface area contributed by atoms with E-state index in [-0.39, 0.29) is 0 Å². The molecule has 0 spiro atoms. The Morgan fingerprint density at radius 1 is 0.947 bits per heavy atom. The van der Waals surface area contributed by atoms with Crippen LogP contribution in [0.2, 0.25) is 0 Å². The van der Waals surface area contributed by atoms with Crippen molar-refractivity contribution in [2.75, 3.05) is 0 Å². The van der Waals surface area contributed by atoms with Gasteiger partial charge in [0.25, 0.3) is 0 Å². The monoisotopic (exact) mass is 248 g/mol. The fourth-order valence-electron chi connectivity index (χ4n) is 1.42. The van der Waals surface area contributed by atoms with Crippen molar-refractivity contribution in [2.45, 2.75) is 0 Å². The third kappa shape index (κ3) is 4.53. The van der Waals surface area contributed by atoms with Gasteiger partial charge in [0.1, 0.15) is 6.11 Å². The van der Waals surface area contributed by atoms with Crippen LogP contribution in [0.4, 0.5) is 0 Å². The molecule has 0 amide bonds. The summed E-state index contributed by atoms with van der Waals surface area (Å²) in [6.07, 6.45) is 5.43. The normalized spacial score (nSPS) is 9.68. The zero-order valence-corrected chi connectivity index (χ0v) is 10.2. The van der Waals surface area contributed by atoms with Crippen LogP contribution in [0.25, 0.3) is 6.08 Å². The van der Waals surface area contributed by atoms with Crippen molar-refractivity contribution >= 4 is 12.0 Å². The molecule has 0 saturated heterocycles. The number of carbonyl (C=O) groups excluding carboxylic acids is 1. The van der Waals surface area contributed by atoms with Crippen molar-refractivity contribution in [1.29, 1.82) is 0 Å². The number of rotatable bonds is 2. The number of hydrogen-bond acceptors (Lipinski definition) is 2. The van der Waals surface area contributed by atoms with Crippen LogP contribution in [-0.2, 0) is 9.53 Å². The second-order valence-corrected chi connectivity index (χ2v) is 3.76. The third-order valence-electron chi connectivity index (χ3n) is 2.33. The SMILES string of the molecule is O=C(C=Cc1ccccc1)OC#Cc1ccccc1. The van der Waals surface area contributed by atoms with Gasteiger partial charge in [0, 0.05) is 11.6 Å². The Hall–Kier alpha value is -2.79. The molecule has 0 aliphatic rings. The van der Waals surface area contributed by atoms with Crippen LogP contribution in [0.1, 0.15) is 11.1 Å². The quantitative estimate of drug-likeness (QED) is 0.463. The molecule has 0 fully saturated rings. The largest absolute Gasteiger partial charge is 0.369 e. The van der Waals surface area contributed by atoms with E-state index in [9.17, 15) is 4.79 Å². The lowest BCUT2D eigenvalue weighted by Gasteiger charge is -1.91. The molecule has 0 heterocycles. The van der Waals surface area contributed by atoms with E-state index in [0.717, 1.165) is 11.1 Å². The lowest BCUT2D eigenvalue weighted by molar-refractivity contribution is -0.131. The van der Waals surface area contributed by atoms with Gasteiger partial charge in [-0.15, -0.1) is 0 Å². The first-order valence-electron chi connectivity index (χ1n) is 5.84. The molecule has 0 saturated carbocycles. The highest BCUT2D eigenvalue weighted by molar-refractivity contribution is 5.87. The summed E-state index contributed by atoms with van der Waals surface area (Å²) >= 11 is 0. The maximum atomic E-state index is 11.4. The predicted octanol–water partition coefficient (Wildman–Crippen LogP) is 3.25. The highest BCUT2D eigenvalue weighted by atomic mass is 16.5. The minimum absolute atomic E-state index is 0.479. The lowest BCUT2D eigenvalue weighted by Crippen LogP contribution is -1.93. The van der Waals surface area contributed by atoms with Gasteiger partial charge in [0.2, 0.25) is 0 Å². The van der Waals surface area contributed by atoms with E-state index in [1.54, 1.807) is 6.08 Å². The van der Waals surface area contributed by atoms with Crippen LogP contribution in [-0.4, -0.2) is 5.97 Å². The van der Waals surface area contributed by atoms with Gasteiger partial charge in [0.05, 0.1) is 0 Å². The average Bonchev–Trinajstić information content (AvgIpc) is 2.47. The molecule has 0 aliphatic carbocycles. The van der Waals surface area contributed by atoms with Crippen LogP contribution in [0, 0.1) is 12.0 Å². The van der Waals surface area contributed by atoms with E-state index in [1.165, 1.54) is 6.08 Å². The van der Waals surface area contributed by atoms with E-state index < -0.39 is 5.97 Å². The van der Waals surface area contributed by atoms with Crippen LogP contribution in [0.5, 0.6) is 0 Å². The van der Waals surface area contributed by atoms with Gasteiger partial charge >= 0.3 is 5.97 Å². The second kappa shape index (κ2) is 6.83. The molecule has 0 atom stereocenters. The Balaban J connectivity index is 1.89. The third-order valence-corrected chi connectivity index (χ3v) is 2.33. The topological polar surface area (TPSA) is 26.3 Å². The molecule has 2 heteroatoms. The van der Waals surface area contributed by atoms with Gasteiger partial charge in [-0.2, -0.15) is 0 Å². The Labute approximate surface area is 112 Å². The summed E-state index contributed by atoms with van der Waals surface area (Å²) < 4.78 is 4.78. The summed E-state index contributed by atoms with van der Waals surface area (Å²) in [6.45, 7) is 0. The standard InChI is InChI=1S/C17H12O2/c18-17(12-11-15-7-3-1-4-8-15)19-14-13-16-9-5-2-6-10-16/h1-12H. The van der Waals surface area contributed by atoms with E-state index in [1.807, 2.05) is 60.7 Å². The summed E-state index contributed by atoms with van der Waals surface area (Å²) in [4.78, 5) is 11.4. The number of carbonyl (C=O) groups is 1. The van der Waals surface area contributed by atoms with E-state index in [2.05, 4.69) is 12.0 Å². The van der Waals surface area contributed by atoms with Crippen molar-refractivity contribution < 1.29 is 9.53 Å². The summed E-state index contributed by atoms with van der Waals surface area (Å²) in [5, 5.41) is 0. The molecule has 0 aromatic heterocycles. The molecule has 2 aromatic rings. The summed E-state index contributed by atoms with van der Waals surface area (Å²) in [7, 11) is 0. The predicted molar refractivity (Wildman–Crippen MR) is 74.9 cm³/mol. The molecule has 92 valence electrons. The first kappa shape index (κ1) is 12.7. The maximum Gasteiger partial charge on any atom is 0.344 e. The molecule has 0 radical (unpaired) electrons. The van der Waals surface area contributed by atoms with Crippen LogP contribution < -0.4 is 0 Å². The molecule has 2 nitrogen and oxygen atoms in total. The molecule has 0 aliphatic heterocycles. The number of esters is 1. The zero-order chi connectivity index (χ0) is 13.3. The van der Waals surface area contributed by atoms with Gasteiger partial charge in [0.15, 0.2) is 0 Å². The van der Waals surface area contributed by atoms with Crippen LogP contribution >= 0.6 is 0 Å². The molecular formula is C17H12O2. The first-order chi connectivity index (χ1) is 9.34. The molecule has 2 rings (SSSR count). The number of hydrogen-bond donors (Lipinski definition) is 0. The van der Waals surface area contributed by atoms with Gasteiger partial charge in [-0.1, -0.05) is 48.5 Å². The lowest BCUT2D eigenvalue weighted by atomic mass is 10.2. The molecule has 0 N–H and O–H groups in total. The number of ether oxygens (including phenoxy) is 1. The second-order valence-electron chi connectivity index (χ2n) is 3.76. The first-order valence-corrected chi connectivity index (χ1v) is 5.84. The van der Waals surface area contributed by atoms with Crippen molar-refractivity contribution in [3.05, 3.63) is 77.9 Å². The van der Waals surface area contributed by atoms with Gasteiger partial charge in [-0.25, -0.2) is 4.79 Å². The van der Waals surface area contributed by atoms with E-state index >= 15 is 0 Å². The highest BCUT2D eigenvalue weighted by Crippen LogP contribution is 2.01. The molecular weight excluding hydrogens is 236 g/mol. The van der Waals surface area contributed by atoms with E-state index in [0.29, 0.717) is 0 Å². The fourth-order valence-corrected chi connectivity index (χ4v) is 1.42. The Morgan fingerprint density at radius 3 is 2.26 bits per heavy atom. The average molecular weight is 248 g/mol. The van der Waals surface area contributed by atoms with Crippen molar-refractivity contribution in [3.8, 4) is 12.0 Å². The minimum atomic E-state index is -0.479. The van der Waals surface area contributed by atoms with Crippen molar-refractivity contribution in [1.82, 2.24) is 0 Å².